The minimum atomic E-state index is -0.918. The zero-order valence-corrected chi connectivity index (χ0v) is 11.5. The minimum absolute atomic E-state index is 0.195. The Morgan fingerprint density at radius 2 is 2.00 bits per heavy atom. The predicted molar refractivity (Wildman–Crippen MR) is 70.2 cm³/mol. The molecule has 1 amide bonds. The van der Waals surface area contributed by atoms with E-state index in [-0.39, 0.29) is 12.5 Å². The lowest BCUT2D eigenvalue weighted by atomic mass is 10.1. The van der Waals surface area contributed by atoms with Gasteiger partial charge in [-0.25, -0.2) is 8.78 Å². The zero-order valence-electron chi connectivity index (χ0n) is 11.5. The number of nitrogens with one attached hydrogen (secondary N) is 1. The fraction of sp³-hybridized carbons (Fsp3) is 0.286. The molecule has 6 heteroatoms. The smallest absolute Gasteiger partial charge is 0.257 e. The molecule has 4 nitrogen and oxygen atoms in total. The van der Waals surface area contributed by atoms with Crippen LogP contribution in [0.15, 0.2) is 18.2 Å². The highest BCUT2D eigenvalue weighted by Gasteiger charge is 2.19. The van der Waals surface area contributed by atoms with Gasteiger partial charge in [-0.05, 0) is 31.5 Å². The maximum Gasteiger partial charge on any atom is 0.257 e. The number of hydrogen-bond donors (Lipinski definition) is 1. The van der Waals surface area contributed by atoms with E-state index in [4.69, 9.17) is 0 Å². The molecule has 0 aliphatic carbocycles. The van der Waals surface area contributed by atoms with E-state index in [9.17, 15) is 13.6 Å². The molecule has 0 saturated heterocycles. The molecular weight excluding hydrogens is 264 g/mol. The molecule has 1 aromatic heterocycles. The molecule has 0 radical (unpaired) electrons. The highest BCUT2D eigenvalue weighted by atomic mass is 19.2. The van der Waals surface area contributed by atoms with Gasteiger partial charge >= 0.3 is 0 Å². The molecule has 0 fully saturated rings. The van der Waals surface area contributed by atoms with Crippen molar-refractivity contribution in [1.29, 1.82) is 0 Å². The van der Waals surface area contributed by atoms with Crippen molar-refractivity contribution in [1.82, 2.24) is 15.1 Å². The van der Waals surface area contributed by atoms with Gasteiger partial charge in [-0.15, -0.1) is 0 Å². The van der Waals surface area contributed by atoms with Crippen molar-refractivity contribution in [2.24, 2.45) is 0 Å². The van der Waals surface area contributed by atoms with Crippen LogP contribution in [0.25, 0.3) is 0 Å². The van der Waals surface area contributed by atoms with Crippen LogP contribution in [0.1, 0.15) is 27.3 Å². The fourth-order valence-electron chi connectivity index (χ4n) is 2.04. The largest absolute Gasteiger partial charge is 0.337 e. The molecule has 1 N–H and O–H groups in total. The SMILES string of the molecule is Cc1n[nH]c(C)c1C(=O)N(C)Cc1ccc(F)c(F)c1. The van der Waals surface area contributed by atoms with Gasteiger partial charge in [0.05, 0.1) is 11.3 Å². The maximum atomic E-state index is 13.1. The molecule has 0 spiro atoms. The monoisotopic (exact) mass is 279 g/mol. The van der Waals surface area contributed by atoms with Gasteiger partial charge in [0.15, 0.2) is 11.6 Å². The van der Waals surface area contributed by atoms with Gasteiger partial charge in [-0.2, -0.15) is 5.10 Å². The Kier molecular flexibility index (Phi) is 3.83. The quantitative estimate of drug-likeness (QED) is 0.938. The summed E-state index contributed by atoms with van der Waals surface area (Å²) in [6.45, 7) is 3.70. The summed E-state index contributed by atoms with van der Waals surface area (Å²) in [6.07, 6.45) is 0. The van der Waals surface area contributed by atoms with E-state index in [0.29, 0.717) is 22.5 Å². The average Bonchev–Trinajstić information content (AvgIpc) is 2.72. The molecule has 0 atom stereocenters. The van der Waals surface area contributed by atoms with Gasteiger partial charge < -0.3 is 4.90 Å². The van der Waals surface area contributed by atoms with Gasteiger partial charge in [0.1, 0.15) is 0 Å². The molecule has 2 aromatic rings. The highest BCUT2D eigenvalue weighted by Crippen LogP contribution is 2.15. The molecule has 1 aromatic carbocycles. The second-order valence-electron chi connectivity index (χ2n) is 4.72. The summed E-state index contributed by atoms with van der Waals surface area (Å²) >= 11 is 0. The number of halogens is 2. The number of aryl methyl sites for hydroxylation is 2. The van der Waals surface area contributed by atoms with Crippen LogP contribution in [0.5, 0.6) is 0 Å². The summed E-state index contributed by atoms with van der Waals surface area (Å²) in [7, 11) is 1.61. The molecule has 106 valence electrons. The van der Waals surface area contributed by atoms with Gasteiger partial charge in [0.25, 0.3) is 5.91 Å². The molecule has 20 heavy (non-hydrogen) atoms. The summed E-state index contributed by atoms with van der Waals surface area (Å²) in [5.74, 6) is -2.03. The number of aromatic nitrogens is 2. The number of rotatable bonds is 3. The van der Waals surface area contributed by atoms with Gasteiger partial charge in [-0.3, -0.25) is 9.89 Å². The van der Waals surface area contributed by atoms with E-state index in [1.54, 1.807) is 20.9 Å². The van der Waals surface area contributed by atoms with Gasteiger partial charge in [0.2, 0.25) is 0 Å². The van der Waals surface area contributed by atoms with Crippen LogP contribution in [-0.4, -0.2) is 28.1 Å². The number of aromatic amines is 1. The minimum Gasteiger partial charge on any atom is -0.337 e. The molecular formula is C14H15F2N3O. The molecule has 0 unspecified atom stereocenters. The first-order valence-corrected chi connectivity index (χ1v) is 6.11. The molecule has 1 heterocycles. The molecule has 0 saturated carbocycles. The van der Waals surface area contributed by atoms with Crippen molar-refractivity contribution in [2.45, 2.75) is 20.4 Å². The van der Waals surface area contributed by atoms with Crippen LogP contribution in [0.4, 0.5) is 8.78 Å². The third kappa shape index (κ3) is 2.68. The summed E-state index contributed by atoms with van der Waals surface area (Å²) in [6, 6.07) is 3.60. The Labute approximate surface area is 115 Å². The number of carbonyl (C=O) groups excluding carboxylic acids is 1. The number of H-pyrrole nitrogens is 1. The average molecular weight is 279 g/mol. The van der Waals surface area contributed by atoms with Crippen molar-refractivity contribution >= 4 is 5.91 Å². The van der Waals surface area contributed by atoms with E-state index in [2.05, 4.69) is 10.2 Å². The Hall–Kier alpha value is -2.24. The predicted octanol–water partition coefficient (Wildman–Crippen LogP) is 2.58. The Morgan fingerprint density at radius 1 is 1.30 bits per heavy atom. The van der Waals surface area contributed by atoms with E-state index < -0.39 is 11.6 Å². The summed E-state index contributed by atoms with van der Waals surface area (Å²) < 4.78 is 26.0. The van der Waals surface area contributed by atoms with Crippen LogP contribution < -0.4 is 0 Å². The van der Waals surface area contributed by atoms with E-state index in [1.165, 1.54) is 11.0 Å². The van der Waals surface area contributed by atoms with Gasteiger partial charge in [0, 0.05) is 19.3 Å². The third-order valence-electron chi connectivity index (χ3n) is 3.09. The van der Waals surface area contributed by atoms with Crippen molar-refractivity contribution in [3.8, 4) is 0 Å². The molecule has 0 aliphatic heterocycles. The molecule has 0 aliphatic rings. The lowest BCUT2D eigenvalue weighted by Gasteiger charge is -2.17. The highest BCUT2D eigenvalue weighted by molar-refractivity contribution is 5.96. The molecule has 0 bridgehead atoms. The van der Waals surface area contributed by atoms with Crippen LogP contribution in [0.3, 0.4) is 0 Å². The van der Waals surface area contributed by atoms with Crippen LogP contribution in [0.2, 0.25) is 0 Å². The first-order chi connectivity index (χ1) is 9.40. The number of benzene rings is 1. The number of amides is 1. The Morgan fingerprint density at radius 3 is 2.55 bits per heavy atom. The summed E-state index contributed by atoms with van der Waals surface area (Å²) in [5.41, 5.74) is 2.34. The fourth-order valence-corrected chi connectivity index (χ4v) is 2.04. The first-order valence-electron chi connectivity index (χ1n) is 6.11. The number of hydrogen-bond acceptors (Lipinski definition) is 2. The second kappa shape index (κ2) is 5.40. The van der Waals surface area contributed by atoms with E-state index in [1.807, 2.05) is 0 Å². The second-order valence-corrected chi connectivity index (χ2v) is 4.72. The van der Waals surface area contributed by atoms with Gasteiger partial charge in [-0.1, -0.05) is 6.07 Å². The summed E-state index contributed by atoms with van der Waals surface area (Å²) in [4.78, 5) is 13.7. The van der Waals surface area contributed by atoms with Crippen molar-refractivity contribution in [3.05, 3.63) is 52.3 Å². The van der Waals surface area contributed by atoms with Crippen LogP contribution in [0, 0.1) is 25.5 Å². The Bertz CT molecular complexity index is 632. The standard InChI is InChI=1S/C14H15F2N3O/c1-8-13(9(2)18-17-8)14(20)19(3)7-10-4-5-11(15)12(16)6-10/h4-6H,7H2,1-3H3,(H,17,18). The lowest BCUT2D eigenvalue weighted by molar-refractivity contribution is 0.0783. The number of carbonyl (C=O) groups is 1. The van der Waals surface area contributed by atoms with E-state index >= 15 is 0 Å². The zero-order chi connectivity index (χ0) is 14.9. The van der Waals surface area contributed by atoms with Crippen LogP contribution in [-0.2, 0) is 6.54 Å². The van der Waals surface area contributed by atoms with E-state index in [0.717, 1.165) is 12.1 Å². The maximum absolute atomic E-state index is 13.1. The molecule has 2 rings (SSSR count). The van der Waals surface area contributed by atoms with Crippen molar-refractivity contribution in [3.63, 3.8) is 0 Å². The van der Waals surface area contributed by atoms with Crippen molar-refractivity contribution in [2.75, 3.05) is 7.05 Å². The first kappa shape index (κ1) is 14.2. The topological polar surface area (TPSA) is 49.0 Å². The summed E-state index contributed by atoms with van der Waals surface area (Å²) in [5, 5.41) is 6.72. The normalized spacial score (nSPS) is 10.7. The van der Waals surface area contributed by atoms with Crippen LogP contribution >= 0.6 is 0 Å². The number of nitrogens with zero attached hydrogens (tertiary/aromatic N) is 2. The lowest BCUT2D eigenvalue weighted by Crippen LogP contribution is -2.27. The van der Waals surface area contributed by atoms with Crippen molar-refractivity contribution < 1.29 is 13.6 Å². The third-order valence-corrected chi connectivity index (χ3v) is 3.09. The Balaban J connectivity index is 2.17.